The third kappa shape index (κ3) is 4.20. The summed E-state index contributed by atoms with van der Waals surface area (Å²) in [6, 6.07) is 14.0. The molecule has 0 spiro atoms. The highest BCUT2D eigenvalue weighted by molar-refractivity contribution is 7.10. The molecule has 1 N–H and O–H groups in total. The molecule has 9 heteroatoms. The van der Waals surface area contributed by atoms with Crippen LogP contribution in [0.3, 0.4) is 0 Å². The van der Waals surface area contributed by atoms with E-state index in [4.69, 9.17) is 0 Å². The number of nitro benzene ring substituents is 1. The van der Waals surface area contributed by atoms with Crippen LogP contribution < -0.4 is 5.32 Å². The number of thiophene rings is 1. The van der Waals surface area contributed by atoms with Gasteiger partial charge in [0.25, 0.3) is 5.69 Å². The minimum absolute atomic E-state index is 0.0252. The van der Waals surface area contributed by atoms with Crippen LogP contribution in [0.15, 0.2) is 66.2 Å². The second kappa shape index (κ2) is 8.42. The molecule has 152 valence electrons. The molecule has 0 bridgehead atoms. The highest BCUT2D eigenvalue weighted by Crippen LogP contribution is 2.26. The molecule has 0 aliphatic carbocycles. The maximum Gasteiger partial charge on any atom is 0.271 e. The molecule has 0 radical (unpaired) electrons. The summed E-state index contributed by atoms with van der Waals surface area (Å²) in [4.78, 5) is 24.2. The lowest BCUT2D eigenvalue weighted by atomic mass is 10.1. The van der Waals surface area contributed by atoms with Crippen LogP contribution >= 0.6 is 11.3 Å². The monoisotopic (exact) mass is 424 g/mol. The van der Waals surface area contributed by atoms with E-state index in [-0.39, 0.29) is 36.4 Å². The van der Waals surface area contributed by atoms with Crippen molar-refractivity contribution >= 4 is 33.8 Å². The number of carbonyl (C=O) groups is 1. The number of halogens is 1. The first kappa shape index (κ1) is 19.7. The molecule has 0 fully saturated rings. The predicted octanol–water partition coefficient (Wildman–Crippen LogP) is 4.44. The number of hydrogen-bond donors (Lipinski definition) is 1. The molecule has 4 aromatic rings. The molecule has 1 amide bonds. The van der Waals surface area contributed by atoms with Crippen LogP contribution in [0.2, 0.25) is 0 Å². The van der Waals surface area contributed by atoms with Crippen LogP contribution in [-0.4, -0.2) is 20.6 Å². The van der Waals surface area contributed by atoms with Crippen molar-refractivity contribution in [3.8, 4) is 0 Å². The summed E-state index contributed by atoms with van der Waals surface area (Å²) in [5.41, 5.74) is 1.36. The Hall–Kier alpha value is -3.59. The number of hydrogen-bond acceptors (Lipinski definition) is 5. The van der Waals surface area contributed by atoms with Gasteiger partial charge in [0.15, 0.2) is 0 Å². The molecule has 2 aromatic heterocycles. The van der Waals surface area contributed by atoms with Gasteiger partial charge in [0.2, 0.25) is 5.91 Å². The van der Waals surface area contributed by atoms with Gasteiger partial charge in [0, 0.05) is 28.8 Å². The Kier molecular flexibility index (Phi) is 5.53. The number of non-ortho nitro benzene ring substituents is 1. The molecule has 0 aliphatic heterocycles. The van der Waals surface area contributed by atoms with Gasteiger partial charge in [-0.1, -0.05) is 18.2 Å². The van der Waals surface area contributed by atoms with Gasteiger partial charge < -0.3 is 5.32 Å². The molecule has 4 rings (SSSR count). The number of amides is 1. The fraction of sp³-hybridized carbons (Fsp3) is 0.143. The van der Waals surface area contributed by atoms with Crippen molar-refractivity contribution in [1.82, 2.24) is 15.1 Å². The van der Waals surface area contributed by atoms with Crippen LogP contribution in [-0.2, 0) is 11.3 Å². The van der Waals surface area contributed by atoms with Crippen molar-refractivity contribution < 1.29 is 14.1 Å². The van der Waals surface area contributed by atoms with Gasteiger partial charge in [0.1, 0.15) is 5.82 Å². The first-order valence-corrected chi connectivity index (χ1v) is 10.1. The number of fused-ring (bicyclic) bond motifs is 1. The largest absolute Gasteiger partial charge is 0.344 e. The SMILES string of the molecule is O=C(CCn1ncc2ccc([N+](=O)[O-])cc21)N[C@H](c1ccc(F)cc1)c1cccs1. The average Bonchev–Trinajstić information content (AvgIpc) is 3.41. The number of benzene rings is 2. The molecule has 0 saturated heterocycles. The van der Waals surface area contributed by atoms with Crippen molar-refractivity contribution in [2.45, 2.75) is 19.0 Å². The van der Waals surface area contributed by atoms with Gasteiger partial charge in [-0.25, -0.2) is 4.39 Å². The minimum atomic E-state index is -0.461. The fourth-order valence-corrected chi connectivity index (χ4v) is 4.02. The van der Waals surface area contributed by atoms with Gasteiger partial charge in [-0.15, -0.1) is 11.3 Å². The maximum absolute atomic E-state index is 13.3. The van der Waals surface area contributed by atoms with E-state index < -0.39 is 4.92 Å². The van der Waals surface area contributed by atoms with Crippen molar-refractivity contribution in [2.75, 3.05) is 0 Å². The Labute approximate surface area is 174 Å². The highest BCUT2D eigenvalue weighted by atomic mass is 32.1. The van der Waals surface area contributed by atoms with E-state index >= 15 is 0 Å². The van der Waals surface area contributed by atoms with E-state index in [2.05, 4.69) is 10.4 Å². The zero-order chi connectivity index (χ0) is 21.1. The normalized spacial score (nSPS) is 12.0. The van der Waals surface area contributed by atoms with Crippen LogP contribution in [0.1, 0.15) is 22.9 Å². The van der Waals surface area contributed by atoms with E-state index in [1.54, 1.807) is 29.1 Å². The average molecular weight is 424 g/mol. The number of aromatic nitrogens is 2. The number of nitro groups is 1. The van der Waals surface area contributed by atoms with Gasteiger partial charge >= 0.3 is 0 Å². The molecular weight excluding hydrogens is 407 g/mol. The second-order valence-electron chi connectivity index (χ2n) is 6.69. The second-order valence-corrected chi connectivity index (χ2v) is 7.66. The van der Waals surface area contributed by atoms with E-state index in [1.807, 2.05) is 17.5 Å². The maximum atomic E-state index is 13.3. The molecule has 2 aromatic carbocycles. The zero-order valence-corrected chi connectivity index (χ0v) is 16.5. The lowest BCUT2D eigenvalue weighted by Crippen LogP contribution is -2.29. The van der Waals surface area contributed by atoms with Crippen molar-refractivity contribution in [3.63, 3.8) is 0 Å². The summed E-state index contributed by atoms with van der Waals surface area (Å²) in [5.74, 6) is -0.540. The summed E-state index contributed by atoms with van der Waals surface area (Å²) in [7, 11) is 0. The lowest BCUT2D eigenvalue weighted by Gasteiger charge is -2.18. The van der Waals surface area contributed by atoms with E-state index in [1.165, 1.54) is 35.6 Å². The lowest BCUT2D eigenvalue weighted by molar-refractivity contribution is -0.384. The number of rotatable bonds is 7. The van der Waals surface area contributed by atoms with E-state index in [0.717, 1.165) is 15.8 Å². The quantitative estimate of drug-likeness (QED) is 0.351. The van der Waals surface area contributed by atoms with Gasteiger partial charge in [-0.3, -0.25) is 19.6 Å². The number of nitrogens with zero attached hydrogens (tertiary/aromatic N) is 3. The minimum Gasteiger partial charge on any atom is -0.344 e. The van der Waals surface area contributed by atoms with Crippen LogP contribution in [0.5, 0.6) is 0 Å². The third-order valence-electron chi connectivity index (χ3n) is 4.73. The van der Waals surface area contributed by atoms with Crippen LogP contribution in [0, 0.1) is 15.9 Å². The van der Waals surface area contributed by atoms with Crippen molar-refractivity contribution in [2.24, 2.45) is 0 Å². The zero-order valence-electron chi connectivity index (χ0n) is 15.7. The summed E-state index contributed by atoms with van der Waals surface area (Å²) in [5, 5.41) is 20.9. The molecule has 0 aliphatic rings. The predicted molar refractivity (Wildman–Crippen MR) is 112 cm³/mol. The molecule has 0 unspecified atom stereocenters. The molecule has 7 nitrogen and oxygen atoms in total. The number of carbonyl (C=O) groups excluding carboxylic acids is 1. The molecule has 2 heterocycles. The molecule has 1 atom stereocenters. The first-order valence-electron chi connectivity index (χ1n) is 9.19. The smallest absolute Gasteiger partial charge is 0.271 e. The Bertz CT molecular complexity index is 1190. The molecule has 30 heavy (non-hydrogen) atoms. The molecule has 0 saturated carbocycles. The number of aryl methyl sites for hydroxylation is 1. The van der Waals surface area contributed by atoms with Gasteiger partial charge in [-0.05, 0) is 35.2 Å². The standard InChI is InChI=1S/C21H17FN4O3S/c22-16-6-3-14(4-7-16)21(19-2-1-11-30-19)24-20(27)9-10-25-18-12-17(26(28)29)8-5-15(18)13-23-25/h1-8,11-13,21H,9-10H2,(H,24,27)/t21-/m1/s1. The summed E-state index contributed by atoms with van der Waals surface area (Å²) in [6.07, 6.45) is 1.76. The Balaban J connectivity index is 1.49. The van der Waals surface area contributed by atoms with Crippen LogP contribution in [0.4, 0.5) is 10.1 Å². The Morgan fingerprint density at radius 2 is 2.03 bits per heavy atom. The molecular formula is C21H17FN4O3S. The summed E-state index contributed by atoms with van der Waals surface area (Å²) in [6.45, 7) is 0.275. The third-order valence-corrected chi connectivity index (χ3v) is 5.66. The van der Waals surface area contributed by atoms with E-state index in [9.17, 15) is 19.3 Å². The Morgan fingerprint density at radius 3 is 2.73 bits per heavy atom. The van der Waals surface area contributed by atoms with Crippen molar-refractivity contribution in [1.29, 1.82) is 0 Å². The summed E-state index contributed by atoms with van der Waals surface area (Å²) >= 11 is 1.50. The fourth-order valence-electron chi connectivity index (χ4n) is 3.22. The topological polar surface area (TPSA) is 90.1 Å². The first-order chi connectivity index (χ1) is 14.5. The van der Waals surface area contributed by atoms with Crippen molar-refractivity contribution in [3.05, 3.63) is 92.5 Å². The number of nitrogens with one attached hydrogen (secondary N) is 1. The van der Waals surface area contributed by atoms with E-state index in [0.29, 0.717) is 5.52 Å². The van der Waals surface area contributed by atoms with Crippen LogP contribution in [0.25, 0.3) is 10.9 Å². The summed E-state index contributed by atoms with van der Waals surface area (Å²) < 4.78 is 14.9. The van der Waals surface area contributed by atoms with Gasteiger partial charge in [-0.2, -0.15) is 5.10 Å². The highest BCUT2D eigenvalue weighted by Gasteiger charge is 2.18. The Morgan fingerprint density at radius 1 is 1.23 bits per heavy atom. The van der Waals surface area contributed by atoms with Gasteiger partial charge in [0.05, 0.1) is 29.2 Å².